The molecule has 0 bridgehead atoms. The van der Waals surface area contributed by atoms with Gasteiger partial charge in [0.25, 0.3) is 0 Å². The van der Waals surface area contributed by atoms with E-state index in [2.05, 4.69) is 16.5 Å². The van der Waals surface area contributed by atoms with E-state index in [1.54, 1.807) is 7.11 Å². The van der Waals surface area contributed by atoms with E-state index < -0.39 is 0 Å². The molecule has 104 valence electrons. The number of methoxy groups -OCH3 is 1. The molecule has 0 radical (unpaired) electrons. The van der Waals surface area contributed by atoms with Gasteiger partial charge in [0.1, 0.15) is 11.3 Å². The molecular weight excluding hydrogens is 283 g/mol. The first-order valence-corrected chi connectivity index (χ1v) is 7.27. The average Bonchev–Trinajstić information content (AvgIpc) is 2.71. The number of rotatable bonds is 6. The van der Waals surface area contributed by atoms with Gasteiger partial charge < -0.3 is 9.30 Å². The second-order valence-corrected chi connectivity index (χ2v) is 5.53. The molecule has 0 aliphatic carbocycles. The van der Waals surface area contributed by atoms with Gasteiger partial charge in [0.2, 0.25) is 0 Å². The lowest BCUT2D eigenvalue weighted by atomic mass is 10.2. The number of para-hydroxylation sites is 1. The second kappa shape index (κ2) is 6.60. The van der Waals surface area contributed by atoms with Crippen molar-refractivity contribution in [2.45, 2.75) is 19.9 Å². The first-order chi connectivity index (χ1) is 9.17. The summed E-state index contributed by atoms with van der Waals surface area (Å²) in [5.41, 5.74) is 1.92. The van der Waals surface area contributed by atoms with Crippen LogP contribution in [0.4, 0.5) is 0 Å². The molecule has 0 fully saturated rings. The van der Waals surface area contributed by atoms with Crippen molar-refractivity contribution in [2.75, 3.05) is 19.6 Å². The highest BCUT2D eigenvalue weighted by Gasteiger charge is 2.14. The number of nitrogens with zero attached hydrogens (tertiary/aromatic N) is 2. The van der Waals surface area contributed by atoms with Gasteiger partial charge in [-0.15, -0.1) is 11.6 Å². The van der Waals surface area contributed by atoms with Gasteiger partial charge >= 0.3 is 0 Å². The lowest BCUT2D eigenvalue weighted by Crippen LogP contribution is -2.15. The Kier molecular flexibility index (Phi) is 5.08. The van der Waals surface area contributed by atoms with Gasteiger partial charge in [-0.05, 0) is 18.1 Å². The van der Waals surface area contributed by atoms with Crippen molar-refractivity contribution in [2.24, 2.45) is 5.92 Å². The molecule has 5 heteroatoms. The standard InChI is InChI=1S/C14H18Cl2N2O/c1-10(9-19-2)8-18-12-5-3-4-11(16)14(12)17-13(18)6-7-15/h3-5,10H,6-9H2,1-2H3. The molecule has 3 nitrogen and oxygen atoms in total. The summed E-state index contributed by atoms with van der Waals surface area (Å²) in [5.74, 6) is 1.95. The van der Waals surface area contributed by atoms with Crippen LogP contribution in [0, 0.1) is 5.92 Å². The number of benzene rings is 1. The predicted octanol–water partition coefficient (Wildman–Crippen LogP) is 3.75. The number of hydrogen-bond acceptors (Lipinski definition) is 2. The highest BCUT2D eigenvalue weighted by Crippen LogP contribution is 2.25. The molecule has 1 unspecified atom stereocenters. The minimum Gasteiger partial charge on any atom is -0.384 e. The van der Waals surface area contributed by atoms with Gasteiger partial charge in [0, 0.05) is 26.0 Å². The fourth-order valence-electron chi connectivity index (χ4n) is 2.29. The molecule has 0 spiro atoms. The first-order valence-electron chi connectivity index (χ1n) is 6.36. The maximum atomic E-state index is 6.21. The quantitative estimate of drug-likeness (QED) is 0.760. The van der Waals surface area contributed by atoms with Gasteiger partial charge in [-0.3, -0.25) is 0 Å². The van der Waals surface area contributed by atoms with Crippen LogP contribution in [0.15, 0.2) is 18.2 Å². The molecule has 1 heterocycles. The van der Waals surface area contributed by atoms with Crippen LogP contribution in [-0.4, -0.2) is 29.1 Å². The highest BCUT2D eigenvalue weighted by atomic mass is 35.5. The van der Waals surface area contributed by atoms with Gasteiger partial charge in [0.05, 0.1) is 17.1 Å². The maximum absolute atomic E-state index is 6.21. The SMILES string of the molecule is COCC(C)Cn1c(CCCl)nc2c(Cl)cccc21. The molecule has 1 aromatic carbocycles. The van der Waals surface area contributed by atoms with Crippen molar-refractivity contribution in [1.29, 1.82) is 0 Å². The molecule has 0 amide bonds. The van der Waals surface area contributed by atoms with Crippen LogP contribution in [0.3, 0.4) is 0 Å². The van der Waals surface area contributed by atoms with E-state index in [9.17, 15) is 0 Å². The Morgan fingerprint density at radius 1 is 1.42 bits per heavy atom. The Morgan fingerprint density at radius 2 is 2.21 bits per heavy atom. The molecular formula is C14H18Cl2N2O. The van der Waals surface area contributed by atoms with E-state index in [0.29, 0.717) is 16.8 Å². The molecule has 0 saturated heterocycles. The predicted molar refractivity (Wildman–Crippen MR) is 80.2 cm³/mol. The fourth-order valence-corrected chi connectivity index (χ4v) is 2.67. The topological polar surface area (TPSA) is 27.1 Å². The average molecular weight is 301 g/mol. The van der Waals surface area contributed by atoms with E-state index in [-0.39, 0.29) is 0 Å². The van der Waals surface area contributed by atoms with Crippen LogP contribution in [0.25, 0.3) is 11.0 Å². The third-order valence-corrected chi connectivity index (χ3v) is 3.57. The van der Waals surface area contributed by atoms with Gasteiger partial charge in [-0.25, -0.2) is 4.98 Å². The molecule has 0 aliphatic rings. The fraction of sp³-hybridized carbons (Fsp3) is 0.500. The second-order valence-electron chi connectivity index (χ2n) is 4.75. The Hall–Kier alpha value is -0.770. The van der Waals surface area contributed by atoms with Crippen LogP contribution >= 0.6 is 23.2 Å². The van der Waals surface area contributed by atoms with Crippen molar-refractivity contribution in [1.82, 2.24) is 9.55 Å². The van der Waals surface area contributed by atoms with Gasteiger partial charge in [0.15, 0.2) is 0 Å². The first kappa shape index (κ1) is 14.6. The van der Waals surface area contributed by atoms with E-state index in [0.717, 1.165) is 36.4 Å². The largest absolute Gasteiger partial charge is 0.384 e. The summed E-state index contributed by atoms with van der Waals surface area (Å²) >= 11 is 12.1. The molecule has 0 aliphatic heterocycles. The molecule has 1 atom stereocenters. The number of fused-ring (bicyclic) bond motifs is 1. The number of aryl methyl sites for hydroxylation is 1. The number of imidazole rings is 1. The zero-order valence-corrected chi connectivity index (χ0v) is 12.7. The Morgan fingerprint density at radius 3 is 2.89 bits per heavy atom. The molecule has 19 heavy (non-hydrogen) atoms. The van der Waals surface area contributed by atoms with E-state index >= 15 is 0 Å². The number of alkyl halides is 1. The van der Waals surface area contributed by atoms with E-state index in [4.69, 9.17) is 27.9 Å². The Bertz CT molecular complexity index is 554. The zero-order chi connectivity index (χ0) is 13.8. The van der Waals surface area contributed by atoms with Crippen molar-refractivity contribution < 1.29 is 4.74 Å². The molecule has 2 rings (SSSR count). The van der Waals surface area contributed by atoms with Crippen LogP contribution < -0.4 is 0 Å². The number of aromatic nitrogens is 2. The minimum atomic E-state index is 0.412. The van der Waals surface area contributed by atoms with Crippen molar-refractivity contribution in [3.63, 3.8) is 0 Å². The Labute approximate surface area is 123 Å². The number of halogens is 2. The van der Waals surface area contributed by atoms with E-state index in [1.807, 2.05) is 18.2 Å². The summed E-state index contributed by atoms with van der Waals surface area (Å²) < 4.78 is 7.40. The lowest BCUT2D eigenvalue weighted by molar-refractivity contribution is 0.151. The summed E-state index contributed by atoms with van der Waals surface area (Å²) in [6.07, 6.45) is 0.742. The van der Waals surface area contributed by atoms with Crippen molar-refractivity contribution in [3.05, 3.63) is 29.0 Å². The summed E-state index contributed by atoms with van der Waals surface area (Å²) in [6.45, 7) is 3.74. The van der Waals surface area contributed by atoms with Crippen LogP contribution in [-0.2, 0) is 17.7 Å². The van der Waals surface area contributed by atoms with Crippen molar-refractivity contribution >= 4 is 34.2 Å². The zero-order valence-electron chi connectivity index (χ0n) is 11.2. The number of ether oxygens (including phenoxy) is 1. The summed E-state index contributed by atoms with van der Waals surface area (Å²) in [4.78, 5) is 4.62. The number of hydrogen-bond donors (Lipinski definition) is 0. The normalized spacial score (nSPS) is 13.1. The smallest absolute Gasteiger partial charge is 0.111 e. The van der Waals surface area contributed by atoms with Crippen LogP contribution in [0.2, 0.25) is 5.02 Å². The minimum absolute atomic E-state index is 0.412. The van der Waals surface area contributed by atoms with Gasteiger partial charge in [-0.1, -0.05) is 24.6 Å². The summed E-state index contributed by atoms with van der Waals surface area (Å²) in [6, 6.07) is 5.87. The summed E-state index contributed by atoms with van der Waals surface area (Å²) in [5, 5.41) is 0.687. The van der Waals surface area contributed by atoms with Crippen molar-refractivity contribution in [3.8, 4) is 0 Å². The lowest BCUT2D eigenvalue weighted by Gasteiger charge is -2.14. The van der Waals surface area contributed by atoms with Crippen LogP contribution in [0.1, 0.15) is 12.7 Å². The van der Waals surface area contributed by atoms with Gasteiger partial charge in [-0.2, -0.15) is 0 Å². The molecule has 0 saturated carbocycles. The van der Waals surface area contributed by atoms with E-state index in [1.165, 1.54) is 0 Å². The third kappa shape index (κ3) is 3.22. The summed E-state index contributed by atoms with van der Waals surface area (Å²) in [7, 11) is 1.72. The Balaban J connectivity index is 2.43. The molecule has 1 aromatic heterocycles. The van der Waals surface area contributed by atoms with Crippen LogP contribution in [0.5, 0.6) is 0 Å². The highest BCUT2D eigenvalue weighted by molar-refractivity contribution is 6.34. The molecule has 2 aromatic rings. The molecule has 0 N–H and O–H groups in total. The third-order valence-electron chi connectivity index (χ3n) is 3.07. The monoisotopic (exact) mass is 300 g/mol. The maximum Gasteiger partial charge on any atom is 0.111 e.